The average molecular weight is 470 g/mol. The van der Waals surface area contributed by atoms with E-state index in [1.54, 1.807) is 4.90 Å². The van der Waals surface area contributed by atoms with Crippen molar-refractivity contribution in [1.29, 1.82) is 0 Å². The molecule has 6 heteroatoms. The van der Waals surface area contributed by atoms with Crippen LogP contribution in [0, 0.1) is 0 Å². The Labute approximate surface area is 203 Å². The molecule has 3 aliphatic rings. The van der Waals surface area contributed by atoms with Crippen molar-refractivity contribution in [2.24, 2.45) is 0 Å². The van der Waals surface area contributed by atoms with Gasteiger partial charge >= 0.3 is 0 Å². The summed E-state index contributed by atoms with van der Waals surface area (Å²) < 4.78 is 0.619. The summed E-state index contributed by atoms with van der Waals surface area (Å²) in [7, 11) is 0. The molecule has 0 N–H and O–H groups in total. The molecule has 2 atom stereocenters. The number of anilines is 2. The Hall–Kier alpha value is -2.96. The number of amides is 1. The number of carbonyl (C=O) groups is 1. The number of fused-ring (bicyclic) bond motifs is 3. The minimum Gasteiger partial charge on any atom is -0.322 e. The van der Waals surface area contributed by atoms with Crippen molar-refractivity contribution >= 4 is 51.8 Å². The minimum atomic E-state index is -0.0109. The first-order chi connectivity index (χ1) is 16.2. The van der Waals surface area contributed by atoms with Crippen molar-refractivity contribution in [3.8, 4) is 0 Å². The Morgan fingerprint density at radius 1 is 1.06 bits per heavy atom. The Morgan fingerprint density at radius 3 is 2.73 bits per heavy atom. The van der Waals surface area contributed by atoms with Gasteiger partial charge in [0.15, 0.2) is 0 Å². The number of nitrogens with zero attached hydrogens (tertiary/aromatic N) is 3. The van der Waals surface area contributed by atoms with E-state index in [0.29, 0.717) is 27.7 Å². The molecular formula is C27H23N3OS2. The lowest BCUT2D eigenvalue weighted by molar-refractivity contribution is -0.122. The summed E-state index contributed by atoms with van der Waals surface area (Å²) in [6.07, 6.45) is 7.48. The van der Waals surface area contributed by atoms with Crippen LogP contribution in [-0.2, 0) is 11.3 Å². The molecule has 164 valence electrons. The molecule has 1 amide bonds. The van der Waals surface area contributed by atoms with Gasteiger partial charge in [-0.1, -0.05) is 72.9 Å². The minimum absolute atomic E-state index is 0.0109. The molecule has 1 saturated heterocycles. The van der Waals surface area contributed by atoms with E-state index in [1.165, 1.54) is 42.3 Å². The predicted molar refractivity (Wildman–Crippen MR) is 138 cm³/mol. The lowest BCUT2D eigenvalue weighted by Crippen LogP contribution is -2.27. The number of pyridine rings is 1. The van der Waals surface area contributed by atoms with Crippen LogP contribution >= 0.6 is 24.0 Å². The van der Waals surface area contributed by atoms with E-state index in [2.05, 4.69) is 40.2 Å². The van der Waals surface area contributed by atoms with E-state index >= 15 is 0 Å². The number of aromatic nitrogens is 1. The highest BCUT2D eigenvalue weighted by molar-refractivity contribution is 8.26. The van der Waals surface area contributed by atoms with E-state index in [1.807, 2.05) is 48.7 Å². The average Bonchev–Trinajstić information content (AvgIpc) is 3.50. The van der Waals surface area contributed by atoms with Gasteiger partial charge in [-0.3, -0.25) is 9.69 Å². The van der Waals surface area contributed by atoms with Crippen LogP contribution in [0.5, 0.6) is 0 Å². The molecule has 0 spiro atoms. The second-order valence-corrected chi connectivity index (χ2v) is 10.4. The third kappa shape index (κ3) is 3.67. The standard InChI is InChI=1S/C27H23N3OS2/c31-26-24(33-27(32)29(26)17-18-7-2-1-3-8-18)16-19-12-13-23-21(15-19)20-9-6-10-22(20)30(23)25-11-4-5-14-28-25/h1-5,7-8,11-16,20,22H,6,9-10,17H2/b24-16+. The van der Waals surface area contributed by atoms with Crippen molar-refractivity contribution in [2.75, 3.05) is 4.90 Å². The van der Waals surface area contributed by atoms with E-state index in [-0.39, 0.29) is 5.91 Å². The zero-order valence-electron chi connectivity index (χ0n) is 18.1. The molecular weight excluding hydrogens is 446 g/mol. The summed E-state index contributed by atoms with van der Waals surface area (Å²) in [6.45, 7) is 0.510. The van der Waals surface area contributed by atoms with E-state index < -0.39 is 0 Å². The van der Waals surface area contributed by atoms with Gasteiger partial charge in [-0.05, 0) is 59.9 Å². The van der Waals surface area contributed by atoms with Gasteiger partial charge in [0.25, 0.3) is 5.91 Å². The first kappa shape index (κ1) is 20.6. The topological polar surface area (TPSA) is 36.4 Å². The van der Waals surface area contributed by atoms with Gasteiger partial charge in [0.1, 0.15) is 10.1 Å². The van der Waals surface area contributed by atoms with Crippen LogP contribution in [0.4, 0.5) is 11.5 Å². The number of rotatable bonds is 4. The zero-order chi connectivity index (χ0) is 22.4. The molecule has 6 rings (SSSR count). The predicted octanol–water partition coefficient (Wildman–Crippen LogP) is 6.27. The second kappa shape index (κ2) is 8.43. The third-order valence-corrected chi connectivity index (χ3v) is 8.15. The molecule has 33 heavy (non-hydrogen) atoms. The summed E-state index contributed by atoms with van der Waals surface area (Å²) >= 11 is 6.93. The molecule has 1 aromatic heterocycles. The molecule has 3 aromatic rings. The van der Waals surface area contributed by atoms with Gasteiger partial charge in [0.05, 0.1) is 11.4 Å². The maximum atomic E-state index is 13.1. The third-order valence-electron chi connectivity index (χ3n) is 6.77. The number of thiocarbonyl (C=S) groups is 1. The molecule has 0 radical (unpaired) electrons. The van der Waals surface area contributed by atoms with Crippen LogP contribution < -0.4 is 4.90 Å². The van der Waals surface area contributed by atoms with Crippen molar-refractivity contribution in [1.82, 2.24) is 9.88 Å². The largest absolute Gasteiger partial charge is 0.322 e. The molecule has 2 fully saturated rings. The smallest absolute Gasteiger partial charge is 0.266 e. The number of thioether (sulfide) groups is 1. The summed E-state index contributed by atoms with van der Waals surface area (Å²) in [4.78, 5) is 22.5. The van der Waals surface area contributed by atoms with Crippen LogP contribution in [0.25, 0.3) is 6.08 Å². The fraction of sp³-hybridized carbons (Fsp3) is 0.222. The maximum absolute atomic E-state index is 13.1. The molecule has 4 nitrogen and oxygen atoms in total. The molecule has 1 saturated carbocycles. The van der Waals surface area contributed by atoms with Gasteiger partial charge in [-0.2, -0.15) is 0 Å². The SMILES string of the molecule is O=C1/C(=C\c2ccc3c(c2)C2CCCC2N3c2ccccn2)SC(=S)N1Cc1ccccc1. The highest BCUT2D eigenvalue weighted by atomic mass is 32.2. The number of hydrogen-bond acceptors (Lipinski definition) is 5. The molecule has 1 aliphatic carbocycles. The molecule has 2 aliphatic heterocycles. The molecule has 2 aromatic carbocycles. The Bertz CT molecular complexity index is 1260. The van der Waals surface area contributed by atoms with Crippen LogP contribution in [0.2, 0.25) is 0 Å². The van der Waals surface area contributed by atoms with Crippen molar-refractivity contribution < 1.29 is 4.79 Å². The summed E-state index contributed by atoms with van der Waals surface area (Å²) in [6, 6.07) is 23.1. The van der Waals surface area contributed by atoms with E-state index in [0.717, 1.165) is 16.9 Å². The fourth-order valence-electron chi connectivity index (χ4n) is 5.31. The van der Waals surface area contributed by atoms with Gasteiger partial charge in [0, 0.05) is 23.8 Å². The monoisotopic (exact) mass is 469 g/mol. The molecule has 0 bridgehead atoms. The fourth-order valence-corrected chi connectivity index (χ4v) is 6.57. The lowest BCUT2D eigenvalue weighted by Gasteiger charge is -2.25. The first-order valence-electron chi connectivity index (χ1n) is 11.3. The maximum Gasteiger partial charge on any atom is 0.266 e. The highest BCUT2D eigenvalue weighted by Gasteiger charge is 2.42. The Balaban J connectivity index is 1.30. The number of benzene rings is 2. The normalized spacial score (nSPS) is 22.8. The molecule has 3 heterocycles. The highest BCUT2D eigenvalue weighted by Crippen LogP contribution is 2.52. The van der Waals surface area contributed by atoms with Crippen LogP contribution in [0.3, 0.4) is 0 Å². The number of hydrogen-bond donors (Lipinski definition) is 0. The van der Waals surface area contributed by atoms with Gasteiger partial charge in [-0.25, -0.2) is 4.98 Å². The quantitative estimate of drug-likeness (QED) is 0.332. The summed E-state index contributed by atoms with van der Waals surface area (Å²) in [5.41, 5.74) is 4.76. The van der Waals surface area contributed by atoms with Crippen molar-refractivity contribution in [3.05, 3.63) is 94.5 Å². The van der Waals surface area contributed by atoms with Crippen LogP contribution in [-0.4, -0.2) is 26.2 Å². The van der Waals surface area contributed by atoms with Gasteiger partial charge in [-0.15, -0.1) is 0 Å². The zero-order valence-corrected chi connectivity index (χ0v) is 19.7. The van der Waals surface area contributed by atoms with E-state index in [9.17, 15) is 4.79 Å². The first-order valence-corrected chi connectivity index (χ1v) is 12.5. The van der Waals surface area contributed by atoms with Crippen molar-refractivity contribution in [2.45, 2.75) is 37.8 Å². The van der Waals surface area contributed by atoms with E-state index in [4.69, 9.17) is 12.2 Å². The van der Waals surface area contributed by atoms with Gasteiger partial charge in [0.2, 0.25) is 0 Å². The Kier molecular flexibility index (Phi) is 5.27. The van der Waals surface area contributed by atoms with Crippen LogP contribution in [0.1, 0.15) is 41.9 Å². The Morgan fingerprint density at radius 2 is 1.91 bits per heavy atom. The second-order valence-electron chi connectivity index (χ2n) is 8.73. The van der Waals surface area contributed by atoms with Crippen molar-refractivity contribution in [3.63, 3.8) is 0 Å². The lowest BCUT2D eigenvalue weighted by atomic mass is 9.96. The summed E-state index contributed by atoms with van der Waals surface area (Å²) in [5, 5.41) is 0. The molecule has 2 unspecified atom stereocenters. The van der Waals surface area contributed by atoms with Crippen LogP contribution in [0.15, 0.2) is 77.8 Å². The van der Waals surface area contributed by atoms with Gasteiger partial charge < -0.3 is 4.90 Å². The summed E-state index contributed by atoms with van der Waals surface area (Å²) in [5.74, 6) is 1.52. The number of carbonyl (C=O) groups excluding carboxylic acids is 1.